The van der Waals surface area contributed by atoms with Gasteiger partial charge in [0, 0.05) is 5.69 Å². The van der Waals surface area contributed by atoms with E-state index < -0.39 is 22.0 Å². The Morgan fingerprint density at radius 2 is 1.92 bits per heavy atom. The van der Waals surface area contributed by atoms with E-state index in [1.54, 1.807) is 30.3 Å². The van der Waals surface area contributed by atoms with Gasteiger partial charge in [-0.2, -0.15) is 8.42 Å². The molecule has 25 heavy (non-hydrogen) atoms. The third-order valence-electron chi connectivity index (χ3n) is 2.87. The zero-order valence-corrected chi connectivity index (χ0v) is 14.7. The number of carboxylic acid groups (broad SMARTS) is 1. The Bertz CT molecular complexity index is 1020. The fraction of sp³-hybridized carbons (Fsp3) is 0.0769. The van der Waals surface area contributed by atoms with Crippen LogP contribution in [0.25, 0.3) is 9.53 Å². The Morgan fingerprint density at radius 1 is 1.20 bits per heavy atom. The number of nitrogens with one attached hydrogen (secondary N) is 1. The van der Waals surface area contributed by atoms with Crippen molar-refractivity contribution in [3.8, 4) is 0 Å². The van der Waals surface area contributed by atoms with Crippen LogP contribution in [0.15, 0.2) is 40.6 Å². The lowest BCUT2D eigenvalue weighted by Gasteiger charge is -2.03. The molecule has 0 aliphatic heterocycles. The highest BCUT2D eigenvalue weighted by Crippen LogP contribution is 2.34. The third-order valence-corrected chi connectivity index (χ3v) is 5.41. The minimum Gasteiger partial charge on any atom is -0.477 e. The average molecular weight is 398 g/mol. The van der Waals surface area contributed by atoms with Gasteiger partial charge in [0.15, 0.2) is 0 Å². The van der Waals surface area contributed by atoms with E-state index in [9.17, 15) is 13.2 Å². The first-order chi connectivity index (χ1) is 11.8. The number of nitrogens with zero attached hydrogens (tertiary/aromatic N) is 3. The van der Waals surface area contributed by atoms with E-state index in [1.807, 2.05) is 0 Å². The van der Waals surface area contributed by atoms with Gasteiger partial charge in [-0.1, -0.05) is 11.3 Å². The van der Waals surface area contributed by atoms with Crippen LogP contribution in [0.2, 0.25) is 0 Å². The number of azo groups is 1. The molecule has 9 nitrogen and oxygen atoms in total. The largest absolute Gasteiger partial charge is 0.477 e. The van der Waals surface area contributed by atoms with Gasteiger partial charge in [-0.15, -0.1) is 21.6 Å². The first-order valence-electron chi connectivity index (χ1n) is 6.65. The van der Waals surface area contributed by atoms with Crippen molar-refractivity contribution in [3.05, 3.63) is 35.2 Å². The molecule has 12 heteroatoms. The molecule has 3 N–H and O–H groups in total. The number of hydrogen-bond donors (Lipinski definition) is 3. The zero-order valence-electron chi connectivity index (χ0n) is 12.3. The number of benzene rings is 1. The van der Waals surface area contributed by atoms with Crippen molar-refractivity contribution in [3.63, 3.8) is 0 Å². The molecule has 0 atom stereocenters. The number of hydrogen-bond acceptors (Lipinski definition) is 9. The van der Waals surface area contributed by atoms with Crippen molar-refractivity contribution >= 4 is 64.8 Å². The van der Waals surface area contributed by atoms with Gasteiger partial charge in [-0.25, -0.2) is 9.78 Å². The van der Waals surface area contributed by atoms with Crippen molar-refractivity contribution in [2.75, 3.05) is 11.2 Å². The molecule has 3 rings (SSSR count). The lowest BCUT2D eigenvalue weighted by atomic mass is 10.3. The van der Waals surface area contributed by atoms with Crippen LogP contribution in [0.5, 0.6) is 0 Å². The van der Waals surface area contributed by atoms with Crippen LogP contribution in [-0.4, -0.2) is 34.9 Å². The number of carboxylic acids is 1. The molecule has 0 radical (unpaired) electrons. The number of anilines is 1. The summed E-state index contributed by atoms with van der Waals surface area (Å²) >= 11 is 2.32. The van der Waals surface area contributed by atoms with Crippen LogP contribution in [0.1, 0.15) is 9.67 Å². The fourth-order valence-electron chi connectivity index (χ4n) is 1.79. The lowest BCUT2D eigenvalue weighted by Crippen LogP contribution is -2.12. The Hall–Kier alpha value is -2.41. The molecule has 0 amide bonds. The van der Waals surface area contributed by atoms with Crippen molar-refractivity contribution < 1.29 is 22.9 Å². The average Bonchev–Trinajstić information content (AvgIpc) is 3.09. The Labute approximate surface area is 149 Å². The molecule has 2 heterocycles. The second kappa shape index (κ2) is 6.84. The monoisotopic (exact) mass is 398 g/mol. The van der Waals surface area contributed by atoms with Crippen LogP contribution in [-0.2, 0) is 10.1 Å². The van der Waals surface area contributed by atoms with Crippen molar-refractivity contribution in [1.29, 1.82) is 0 Å². The van der Waals surface area contributed by atoms with Gasteiger partial charge < -0.3 is 10.4 Å². The van der Waals surface area contributed by atoms with Gasteiger partial charge in [0.05, 0.1) is 10.4 Å². The lowest BCUT2D eigenvalue weighted by molar-refractivity contribution is 0.0702. The number of aromatic nitrogens is 1. The van der Waals surface area contributed by atoms with Crippen LogP contribution in [0.3, 0.4) is 0 Å². The number of carbonyl (C=O) groups is 1. The Kier molecular flexibility index (Phi) is 4.76. The SMILES string of the molecule is O=C(O)c1cc2sc(N=Nc3ccc(NCS(=O)(=O)O)cc3)nc2s1. The van der Waals surface area contributed by atoms with E-state index in [0.29, 0.717) is 21.3 Å². The second-order valence-electron chi connectivity index (χ2n) is 4.73. The summed E-state index contributed by atoms with van der Waals surface area (Å²) in [6.45, 7) is 0. The quantitative estimate of drug-likeness (QED) is 0.424. The molecule has 2 aromatic heterocycles. The number of rotatable bonds is 6. The van der Waals surface area contributed by atoms with Crippen molar-refractivity contribution in [1.82, 2.24) is 4.98 Å². The fourth-order valence-corrected chi connectivity index (χ4v) is 4.01. The second-order valence-corrected chi connectivity index (χ2v) is 8.22. The first kappa shape index (κ1) is 17.4. The minimum atomic E-state index is -4.09. The summed E-state index contributed by atoms with van der Waals surface area (Å²) < 4.78 is 30.7. The number of aromatic carboxylic acids is 1. The third kappa shape index (κ3) is 4.57. The standard InChI is InChI=1S/C13H10N4O5S3/c18-12(19)10-5-9-11(23-10)15-13(24-9)17-16-8-3-1-7(2-4-8)14-6-25(20,21)22/h1-5,14H,6H2,(H,18,19)(H,20,21,22). The van der Waals surface area contributed by atoms with Crippen molar-refractivity contribution in [2.24, 2.45) is 10.2 Å². The van der Waals surface area contributed by atoms with Gasteiger partial charge in [0.25, 0.3) is 10.1 Å². The molecule has 1 aromatic carbocycles. The molecule has 3 aromatic rings. The number of fused-ring (bicyclic) bond motifs is 1. The van der Waals surface area contributed by atoms with E-state index in [1.165, 1.54) is 11.3 Å². The Morgan fingerprint density at radius 3 is 2.52 bits per heavy atom. The maximum Gasteiger partial charge on any atom is 0.345 e. The normalized spacial score (nSPS) is 12.0. The molecule has 0 unspecified atom stereocenters. The molecular weight excluding hydrogens is 388 g/mol. The van der Waals surface area contributed by atoms with E-state index in [4.69, 9.17) is 9.66 Å². The van der Waals surface area contributed by atoms with Crippen LogP contribution in [0.4, 0.5) is 16.5 Å². The maximum absolute atomic E-state index is 10.9. The van der Waals surface area contributed by atoms with Crippen LogP contribution in [0, 0.1) is 0 Å². The molecule has 0 aliphatic rings. The highest BCUT2D eigenvalue weighted by atomic mass is 32.2. The van der Waals surface area contributed by atoms with Crippen LogP contribution >= 0.6 is 22.7 Å². The molecule has 0 aliphatic carbocycles. The molecule has 130 valence electrons. The van der Waals surface area contributed by atoms with E-state index in [-0.39, 0.29) is 4.88 Å². The summed E-state index contributed by atoms with van der Waals surface area (Å²) in [5.41, 5.74) is 1.04. The van der Waals surface area contributed by atoms with Gasteiger partial charge in [-0.3, -0.25) is 4.55 Å². The smallest absolute Gasteiger partial charge is 0.345 e. The highest BCUT2D eigenvalue weighted by Gasteiger charge is 2.12. The maximum atomic E-state index is 10.9. The predicted molar refractivity (Wildman–Crippen MR) is 95.1 cm³/mol. The Balaban J connectivity index is 1.69. The number of thiazole rings is 1. The topological polar surface area (TPSA) is 141 Å². The van der Waals surface area contributed by atoms with Gasteiger partial charge in [-0.05, 0) is 30.3 Å². The first-order valence-corrected chi connectivity index (χ1v) is 9.89. The summed E-state index contributed by atoms with van der Waals surface area (Å²) in [4.78, 5) is 15.9. The summed E-state index contributed by atoms with van der Waals surface area (Å²) in [6.07, 6.45) is 0. The molecule has 0 spiro atoms. The number of thiophene rings is 1. The predicted octanol–water partition coefficient (Wildman–Crippen LogP) is 3.73. The molecule has 0 bridgehead atoms. The highest BCUT2D eigenvalue weighted by molar-refractivity contribution is 7.85. The summed E-state index contributed by atoms with van der Waals surface area (Å²) in [6, 6.07) is 7.98. The van der Waals surface area contributed by atoms with E-state index in [0.717, 1.165) is 16.0 Å². The summed E-state index contributed by atoms with van der Waals surface area (Å²) in [7, 11) is -4.09. The van der Waals surface area contributed by atoms with Crippen LogP contribution < -0.4 is 5.32 Å². The minimum absolute atomic E-state index is 0.227. The van der Waals surface area contributed by atoms with Crippen molar-refractivity contribution in [2.45, 2.75) is 0 Å². The zero-order chi connectivity index (χ0) is 18.0. The van der Waals surface area contributed by atoms with E-state index >= 15 is 0 Å². The molecule has 0 fully saturated rings. The molecule has 0 saturated heterocycles. The van der Waals surface area contributed by atoms with Gasteiger partial charge in [0.2, 0.25) is 5.13 Å². The molecular formula is C13H10N4O5S3. The summed E-state index contributed by atoms with van der Waals surface area (Å²) in [5.74, 6) is -1.57. The van der Waals surface area contributed by atoms with Gasteiger partial charge in [0.1, 0.15) is 15.6 Å². The van der Waals surface area contributed by atoms with E-state index in [2.05, 4.69) is 20.5 Å². The summed E-state index contributed by atoms with van der Waals surface area (Å²) in [5, 5.41) is 19.9. The van der Waals surface area contributed by atoms with Gasteiger partial charge >= 0.3 is 5.97 Å². The molecule has 0 saturated carbocycles.